The topological polar surface area (TPSA) is 12.0 Å². The molecule has 0 aliphatic carbocycles. The highest BCUT2D eigenvalue weighted by atomic mass is 35.5. The second-order valence-corrected chi connectivity index (χ2v) is 6.25. The minimum atomic E-state index is 0.178. The second kappa shape index (κ2) is 7.20. The van der Waals surface area contributed by atoms with Crippen molar-refractivity contribution in [1.82, 2.24) is 0 Å². The van der Waals surface area contributed by atoms with Crippen LogP contribution in [0, 0.1) is 6.92 Å². The predicted octanol–water partition coefficient (Wildman–Crippen LogP) is 6.43. The van der Waals surface area contributed by atoms with Gasteiger partial charge in [-0.1, -0.05) is 60.8 Å². The summed E-state index contributed by atoms with van der Waals surface area (Å²) in [5.41, 5.74) is 4.48. The van der Waals surface area contributed by atoms with Gasteiger partial charge in [-0.2, -0.15) is 0 Å². The quantitative estimate of drug-likeness (QED) is 0.669. The standard InChI is InChI=1S/C18H21Cl2N/c1-4-5-14-6-8-15(9-7-14)13(3)21-18-11-16(19)12(2)10-17(18)20/h6-11,13,21H,4-5H2,1-3H3. The average Bonchev–Trinajstić information content (AvgIpc) is 2.46. The van der Waals surface area contributed by atoms with Crippen LogP contribution in [0.1, 0.15) is 43.0 Å². The molecule has 0 saturated heterocycles. The number of benzene rings is 2. The molecular weight excluding hydrogens is 301 g/mol. The van der Waals surface area contributed by atoms with Crippen LogP contribution in [0.25, 0.3) is 0 Å². The van der Waals surface area contributed by atoms with Gasteiger partial charge in [0.2, 0.25) is 0 Å². The van der Waals surface area contributed by atoms with Crippen molar-refractivity contribution >= 4 is 28.9 Å². The first kappa shape index (κ1) is 16.2. The van der Waals surface area contributed by atoms with Crippen molar-refractivity contribution in [3.05, 3.63) is 63.1 Å². The fraction of sp³-hybridized carbons (Fsp3) is 0.333. The van der Waals surface area contributed by atoms with Gasteiger partial charge >= 0.3 is 0 Å². The molecule has 0 saturated carbocycles. The van der Waals surface area contributed by atoms with Crippen LogP contribution in [0.4, 0.5) is 5.69 Å². The first-order chi connectivity index (χ1) is 10.0. The second-order valence-electron chi connectivity index (χ2n) is 5.44. The zero-order valence-corrected chi connectivity index (χ0v) is 14.2. The minimum absolute atomic E-state index is 0.178. The van der Waals surface area contributed by atoms with E-state index in [2.05, 4.69) is 43.4 Å². The Hall–Kier alpha value is -1.18. The van der Waals surface area contributed by atoms with E-state index < -0.39 is 0 Å². The van der Waals surface area contributed by atoms with E-state index in [1.165, 1.54) is 17.5 Å². The Morgan fingerprint density at radius 1 is 1.05 bits per heavy atom. The molecule has 0 heterocycles. The molecule has 1 unspecified atom stereocenters. The molecule has 0 aliphatic rings. The molecule has 1 atom stereocenters. The molecule has 0 radical (unpaired) electrons. The van der Waals surface area contributed by atoms with Gasteiger partial charge in [0.05, 0.1) is 10.7 Å². The summed E-state index contributed by atoms with van der Waals surface area (Å²) in [6.45, 7) is 6.27. The van der Waals surface area contributed by atoms with Gasteiger partial charge in [-0.25, -0.2) is 0 Å². The summed E-state index contributed by atoms with van der Waals surface area (Å²) < 4.78 is 0. The Balaban J connectivity index is 2.14. The number of rotatable bonds is 5. The van der Waals surface area contributed by atoms with Gasteiger partial charge in [-0.05, 0) is 49.1 Å². The molecule has 0 aromatic heterocycles. The van der Waals surface area contributed by atoms with E-state index in [-0.39, 0.29) is 6.04 Å². The summed E-state index contributed by atoms with van der Waals surface area (Å²) in [6.07, 6.45) is 2.30. The lowest BCUT2D eigenvalue weighted by atomic mass is 10.0. The van der Waals surface area contributed by atoms with Crippen LogP contribution in [0.3, 0.4) is 0 Å². The number of anilines is 1. The molecule has 1 nitrogen and oxygen atoms in total. The van der Waals surface area contributed by atoms with Gasteiger partial charge in [-0.3, -0.25) is 0 Å². The highest BCUT2D eigenvalue weighted by Crippen LogP contribution is 2.31. The van der Waals surface area contributed by atoms with Gasteiger partial charge in [0.1, 0.15) is 0 Å². The SMILES string of the molecule is CCCc1ccc(C(C)Nc2cc(Cl)c(C)cc2Cl)cc1. The molecule has 1 N–H and O–H groups in total. The van der Waals surface area contributed by atoms with Gasteiger partial charge in [-0.15, -0.1) is 0 Å². The molecule has 0 spiro atoms. The van der Waals surface area contributed by atoms with Crippen LogP contribution in [0.5, 0.6) is 0 Å². The number of halogens is 2. The first-order valence-corrected chi connectivity index (χ1v) is 8.08. The molecule has 2 aromatic rings. The summed E-state index contributed by atoms with van der Waals surface area (Å²) >= 11 is 12.5. The summed E-state index contributed by atoms with van der Waals surface area (Å²) in [4.78, 5) is 0. The minimum Gasteiger partial charge on any atom is -0.377 e. The van der Waals surface area contributed by atoms with E-state index >= 15 is 0 Å². The number of hydrogen-bond donors (Lipinski definition) is 1. The molecule has 3 heteroatoms. The van der Waals surface area contributed by atoms with Gasteiger partial charge in [0.15, 0.2) is 0 Å². The maximum Gasteiger partial charge on any atom is 0.0641 e. The molecule has 2 aromatic carbocycles. The van der Waals surface area contributed by atoms with Crippen LogP contribution in [-0.4, -0.2) is 0 Å². The van der Waals surface area contributed by atoms with Gasteiger partial charge in [0.25, 0.3) is 0 Å². The van der Waals surface area contributed by atoms with Crippen LogP contribution >= 0.6 is 23.2 Å². The maximum atomic E-state index is 6.28. The average molecular weight is 322 g/mol. The monoisotopic (exact) mass is 321 g/mol. The van der Waals surface area contributed by atoms with Crippen molar-refractivity contribution in [1.29, 1.82) is 0 Å². The summed E-state index contributed by atoms with van der Waals surface area (Å²) in [5, 5.41) is 4.86. The summed E-state index contributed by atoms with van der Waals surface area (Å²) in [6, 6.07) is 12.7. The van der Waals surface area contributed by atoms with Gasteiger partial charge in [0, 0.05) is 11.1 Å². The lowest BCUT2D eigenvalue weighted by Crippen LogP contribution is -2.07. The van der Waals surface area contributed by atoms with E-state index in [4.69, 9.17) is 23.2 Å². The van der Waals surface area contributed by atoms with Crippen LogP contribution in [-0.2, 0) is 6.42 Å². The number of nitrogens with one attached hydrogen (secondary N) is 1. The fourth-order valence-electron chi connectivity index (χ4n) is 2.34. The van der Waals surface area contributed by atoms with E-state index in [9.17, 15) is 0 Å². The Morgan fingerprint density at radius 3 is 2.33 bits per heavy atom. The maximum absolute atomic E-state index is 6.28. The van der Waals surface area contributed by atoms with Crippen molar-refractivity contribution < 1.29 is 0 Å². The van der Waals surface area contributed by atoms with Crippen LogP contribution in [0.2, 0.25) is 10.0 Å². The predicted molar refractivity (Wildman–Crippen MR) is 93.7 cm³/mol. The van der Waals surface area contributed by atoms with Crippen LogP contribution < -0.4 is 5.32 Å². The van der Waals surface area contributed by atoms with Crippen LogP contribution in [0.15, 0.2) is 36.4 Å². The fourth-order valence-corrected chi connectivity index (χ4v) is 2.77. The Bertz CT molecular complexity index is 605. The molecule has 0 amide bonds. The zero-order valence-electron chi connectivity index (χ0n) is 12.7. The summed E-state index contributed by atoms with van der Waals surface area (Å²) in [5.74, 6) is 0. The van der Waals surface area contributed by atoms with E-state index in [1.807, 2.05) is 19.1 Å². The molecule has 0 fully saturated rings. The van der Waals surface area contributed by atoms with E-state index in [1.54, 1.807) is 0 Å². The van der Waals surface area contributed by atoms with E-state index in [0.717, 1.165) is 22.7 Å². The highest BCUT2D eigenvalue weighted by molar-refractivity contribution is 6.35. The van der Waals surface area contributed by atoms with Crippen molar-refractivity contribution in [2.75, 3.05) is 5.32 Å². The lowest BCUT2D eigenvalue weighted by Gasteiger charge is -2.18. The molecule has 21 heavy (non-hydrogen) atoms. The van der Waals surface area contributed by atoms with Crippen molar-refractivity contribution in [3.8, 4) is 0 Å². The highest BCUT2D eigenvalue weighted by Gasteiger charge is 2.09. The van der Waals surface area contributed by atoms with Crippen molar-refractivity contribution in [2.45, 2.75) is 39.7 Å². The smallest absolute Gasteiger partial charge is 0.0641 e. The van der Waals surface area contributed by atoms with Crippen molar-refractivity contribution in [3.63, 3.8) is 0 Å². The number of aryl methyl sites for hydroxylation is 2. The first-order valence-electron chi connectivity index (χ1n) is 7.32. The normalized spacial score (nSPS) is 12.2. The number of hydrogen-bond acceptors (Lipinski definition) is 1. The Kier molecular flexibility index (Phi) is 5.55. The third kappa shape index (κ3) is 4.15. The van der Waals surface area contributed by atoms with Gasteiger partial charge < -0.3 is 5.32 Å². The van der Waals surface area contributed by atoms with E-state index in [0.29, 0.717) is 5.02 Å². The molecule has 112 valence electrons. The largest absolute Gasteiger partial charge is 0.377 e. The Labute approximate surface area is 137 Å². The molecule has 0 aliphatic heterocycles. The lowest BCUT2D eigenvalue weighted by molar-refractivity contribution is 0.876. The zero-order chi connectivity index (χ0) is 15.4. The van der Waals surface area contributed by atoms with Crippen molar-refractivity contribution in [2.24, 2.45) is 0 Å². The third-order valence-electron chi connectivity index (χ3n) is 3.64. The molecule has 2 rings (SSSR count). The molecule has 0 bridgehead atoms. The Morgan fingerprint density at radius 2 is 1.71 bits per heavy atom. The molecular formula is C18H21Cl2N. The summed E-state index contributed by atoms with van der Waals surface area (Å²) in [7, 11) is 0. The third-order valence-corrected chi connectivity index (χ3v) is 4.36.